The average molecular weight is 505 g/mol. The zero-order valence-electron chi connectivity index (χ0n) is 19.6. The molecule has 5 rings (SSSR count). The number of aliphatic imine (C=N–C) groups is 1. The molecule has 0 aliphatic carbocycles. The Morgan fingerprint density at radius 2 is 0.639 bits per heavy atom. The summed E-state index contributed by atoms with van der Waals surface area (Å²) < 4.78 is 31.2. The lowest BCUT2D eigenvalue weighted by Gasteiger charge is -2.28. The molecule has 5 heteroatoms. The molecular weight excluding hydrogens is 480 g/mol. The molecule has 0 aliphatic heterocycles. The molecule has 3 nitrogen and oxygen atoms in total. The van der Waals surface area contributed by atoms with Crippen LogP contribution in [-0.2, 0) is 9.13 Å². The van der Waals surface area contributed by atoms with Crippen molar-refractivity contribution in [3.8, 4) is 0 Å². The number of benzene rings is 5. The first kappa shape index (κ1) is 23.9. The van der Waals surface area contributed by atoms with Gasteiger partial charge in [0.1, 0.15) is 0 Å². The van der Waals surface area contributed by atoms with E-state index >= 15 is 9.13 Å². The van der Waals surface area contributed by atoms with Gasteiger partial charge in [-0.05, 0) is 12.1 Å². The molecule has 0 amide bonds. The largest absolute Gasteiger partial charge is 0.307 e. The maximum atomic E-state index is 15.6. The van der Waals surface area contributed by atoms with Crippen LogP contribution in [0.25, 0.3) is 0 Å². The third-order valence-corrected chi connectivity index (χ3v) is 13.1. The van der Waals surface area contributed by atoms with Crippen molar-refractivity contribution in [3.63, 3.8) is 0 Å². The number of hydrogen-bond acceptors (Lipinski definition) is 3. The van der Waals surface area contributed by atoms with E-state index in [9.17, 15) is 0 Å². The van der Waals surface area contributed by atoms with Crippen LogP contribution in [0.1, 0.15) is 0 Å². The predicted octanol–water partition coefficient (Wildman–Crippen LogP) is 6.70. The Hall–Kier alpha value is -3.77. The summed E-state index contributed by atoms with van der Waals surface area (Å²) in [6, 6.07) is 46.5. The molecule has 0 fully saturated rings. The fourth-order valence-electron chi connectivity index (χ4n) is 4.27. The summed E-state index contributed by atoms with van der Waals surface area (Å²) >= 11 is 0. The lowest BCUT2D eigenvalue weighted by atomic mass is 10.3. The summed E-state index contributed by atoms with van der Waals surface area (Å²) in [6.07, 6.45) is 0. The minimum absolute atomic E-state index is 0.191. The fourth-order valence-corrected chi connectivity index (χ4v) is 11.6. The Bertz CT molecular complexity index is 1370. The lowest BCUT2D eigenvalue weighted by Crippen LogP contribution is -2.29. The van der Waals surface area contributed by atoms with E-state index in [0.29, 0.717) is 26.9 Å². The van der Waals surface area contributed by atoms with E-state index in [0.717, 1.165) is 0 Å². The molecule has 0 unspecified atom stereocenters. The molecule has 0 N–H and O–H groups in total. The zero-order chi connectivity index (χ0) is 24.8. The van der Waals surface area contributed by atoms with E-state index in [1.54, 1.807) is 0 Å². The number of rotatable bonds is 7. The van der Waals surface area contributed by atoms with Gasteiger partial charge in [0.2, 0.25) is 0 Å². The first-order valence-corrected chi connectivity index (χ1v) is 15.1. The van der Waals surface area contributed by atoms with E-state index in [2.05, 4.69) is 0 Å². The monoisotopic (exact) mass is 505 g/mol. The van der Waals surface area contributed by atoms with Crippen molar-refractivity contribution in [2.24, 2.45) is 4.99 Å². The molecule has 0 saturated carbocycles. The maximum Gasteiger partial charge on any atom is 0.192 e. The quantitative estimate of drug-likeness (QED) is 0.183. The van der Waals surface area contributed by atoms with Crippen molar-refractivity contribution in [1.82, 2.24) is 0 Å². The van der Waals surface area contributed by atoms with Gasteiger partial charge in [0.05, 0.1) is 5.69 Å². The van der Waals surface area contributed by atoms with Crippen molar-refractivity contribution in [3.05, 3.63) is 152 Å². The van der Waals surface area contributed by atoms with Gasteiger partial charge < -0.3 is 9.13 Å². The normalized spacial score (nSPS) is 11.6. The Balaban J connectivity index is 1.93. The second-order valence-electron chi connectivity index (χ2n) is 8.31. The maximum absolute atomic E-state index is 15.6. The molecule has 0 bridgehead atoms. The summed E-state index contributed by atoms with van der Waals surface area (Å²) in [5, 5.41) is 2.57. The summed E-state index contributed by atoms with van der Waals surface area (Å²) in [4.78, 5) is 5.00. The third-order valence-electron chi connectivity index (χ3n) is 6.03. The molecule has 0 aromatic heterocycles. The van der Waals surface area contributed by atoms with E-state index in [4.69, 9.17) is 4.99 Å². The van der Waals surface area contributed by atoms with Gasteiger partial charge in [-0.25, -0.2) is 4.99 Å². The van der Waals surface area contributed by atoms with Crippen LogP contribution < -0.4 is 21.2 Å². The molecule has 5 aromatic carbocycles. The summed E-state index contributed by atoms with van der Waals surface area (Å²) in [5.41, 5.74) is 0.603. The van der Waals surface area contributed by atoms with Gasteiger partial charge in [-0.2, -0.15) is 0 Å². The Morgan fingerprint density at radius 1 is 0.389 bits per heavy atom. The van der Waals surface area contributed by atoms with Crippen molar-refractivity contribution in [1.29, 1.82) is 0 Å². The van der Waals surface area contributed by atoms with Crippen molar-refractivity contribution >= 4 is 46.4 Å². The second-order valence-corrected chi connectivity index (χ2v) is 14.0. The minimum atomic E-state index is -3.67. The Morgan fingerprint density at radius 3 is 0.917 bits per heavy atom. The molecule has 0 saturated heterocycles. The molecule has 5 aromatic rings. The molecular formula is C31H25NO2P2. The molecule has 0 spiro atoms. The SMILES string of the molecule is O=P(C(=Nc1ccccc1)P(=O)(c1ccccc1)c1ccccc1)(c1ccccc1)c1ccccc1. The summed E-state index contributed by atoms with van der Waals surface area (Å²) in [5.74, 6) is 0. The van der Waals surface area contributed by atoms with E-state index in [-0.39, 0.29) is 5.19 Å². The van der Waals surface area contributed by atoms with Gasteiger partial charge in [-0.3, -0.25) is 0 Å². The molecule has 0 radical (unpaired) electrons. The predicted molar refractivity (Wildman–Crippen MR) is 153 cm³/mol. The standard InChI is InChI=1S/C31H25NO2P2/c33-35(27-18-8-2-9-19-27,28-20-10-3-11-21-28)31(32-26-16-6-1-7-17-26)36(34,29-22-12-4-13-23-29)30-24-14-5-15-25-30/h1-25H. The first-order valence-electron chi connectivity index (χ1n) is 11.7. The van der Waals surface area contributed by atoms with E-state index in [1.165, 1.54) is 0 Å². The van der Waals surface area contributed by atoms with Gasteiger partial charge in [0.15, 0.2) is 19.5 Å². The zero-order valence-corrected chi connectivity index (χ0v) is 21.4. The van der Waals surface area contributed by atoms with Crippen LogP contribution in [0.4, 0.5) is 5.69 Å². The van der Waals surface area contributed by atoms with Gasteiger partial charge >= 0.3 is 0 Å². The number of nitrogens with zero attached hydrogens (tertiary/aromatic N) is 1. The fraction of sp³-hybridized carbons (Fsp3) is 0. The van der Waals surface area contributed by atoms with Crippen molar-refractivity contribution < 1.29 is 9.13 Å². The summed E-state index contributed by atoms with van der Waals surface area (Å²) in [6.45, 7) is 0. The first-order chi connectivity index (χ1) is 17.6. The highest BCUT2D eigenvalue weighted by Crippen LogP contribution is 2.62. The summed E-state index contributed by atoms with van der Waals surface area (Å²) in [7, 11) is -7.33. The van der Waals surface area contributed by atoms with Gasteiger partial charge in [-0.15, -0.1) is 0 Å². The van der Waals surface area contributed by atoms with Crippen molar-refractivity contribution in [2.75, 3.05) is 0 Å². The number of hydrogen-bond donors (Lipinski definition) is 0. The molecule has 0 heterocycles. The van der Waals surface area contributed by atoms with Gasteiger partial charge in [0, 0.05) is 21.2 Å². The smallest absolute Gasteiger partial charge is 0.192 e. The molecule has 36 heavy (non-hydrogen) atoms. The average Bonchev–Trinajstić information content (AvgIpc) is 2.97. The van der Waals surface area contributed by atoms with Crippen LogP contribution in [0.2, 0.25) is 0 Å². The highest BCUT2D eigenvalue weighted by atomic mass is 31.2. The van der Waals surface area contributed by atoms with Gasteiger partial charge in [0.25, 0.3) is 0 Å². The molecule has 0 aliphatic rings. The third kappa shape index (κ3) is 4.44. The number of para-hydroxylation sites is 1. The van der Waals surface area contributed by atoms with Crippen molar-refractivity contribution in [2.45, 2.75) is 0 Å². The van der Waals surface area contributed by atoms with Crippen LogP contribution in [0.5, 0.6) is 0 Å². The topological polar surface area (TPSA) is 46.5 Å². The molecule has 0 atom stereocenters. The Labute approximate surface area is 211 Å². The van der Waals surface area contributed by atoms with E-state index in [1.807, 2.05) is 152 Å². The van der Waals surface area contributed by atoms with Crippen LogP contribution in [0.3, 0.4) is 0 Å². The van der Waals surface area contributed by atoms with Crippen LogP contribution in [0, 0.1) is 0 Å². The van der Waals surface area contributed by atoms with Crippen LogP contribution >= 0.6 is 14.3 Å². The highest BCUT2D eigenvalue weighted by molar-refractivity contribution is 8.17. The second kappa shape index (κ2) is 10.5. The highest BCUT2D eigenvalue weighted by Gasteiger charge is 2.46. The Kier molecular flexibility index (Phi) is 6.96. The van der Waals surface area contributed by atoms with Crippen LogP contribution in [0.15, 0.2) is 157 Å². The molecule has 176 valence electrons. The minimum Gasteiger partial charge on any atom is -0.307 e. The van der Waals surface area contributed by atoms with Crippen LogP contribution in [-0.4, -0.2) is 5.19 Å². The van der Waals surface area contributed by atoms with E-state index < -0.39 is 14.3 Å². The lowest BCUT2D eigenvalue weighted by molar-refractivity contribution is 0.590. The van der Waals surface area contributed by atoms with Gasteiger partial charge in [-0.1, -0.05) is 140 Å².